The third-order valence-corrected chi connectivity index (χ3v) is 3.95. The Morgan fingerprint density at radius 2 is 2.50 bits per heavy atom. The SMILES string of the molecule is CC1CN(Cc2cc(=O)n3ccsc3n2)CCN1. The van der Waals surface area contributed by atoms with Gasteiger partial charge >= 0.3 is 0 Å². The minimum atomic E-state index is 0.0134. The first-order chi connectivity index (χ1) is 8.72. The van der Waals surface area contributed by atoms with Gasteiger partial charge in [-0.15, -0.1) is 11.3 Å². The summed E-state index contributed by atoms with van der Waals surface area (Å²) in [6.45, 7) is 5.95. The Morgan fingerprint density at radius 1 is 1.61 bits per heavy atom. The van der Waals surface area contributed by atoms with Gasteiger partial charge in [-0.25, -0.2) is 4.98 Å². The van der Waals surface area contributed by atoms with E-state index in [1.54, 1.807) is 16.7 Å². The van der Waals surface area contributed by atoms with Gasteiger partial charge in [0.2, 0.25) is 0 Å². The average Bonchev–Trinajstić information content (AvgIpc) is 2.77. The van der Waals surface area contributed by atoms with E-state index >= 15 is 0 Å². The molecule has 5 nitrogen and oxygen atoms in total. The highest BCUT2D eigenvalue weighted by Crippen LogP contribution is 2.09. The molecule has 0 radical (unpaired) electrons. The molecule has 1 aliphatic heterocycles. The lowest BCUT2D eigenvalue weighted by Gasteiger charge is -2.31. The molecular formula is C12H16N4OS. The largest absolute Gasteiger partial charge is 0.312 e. The molecule has 0 saturated carbocycles. The lowest BCUT2D eigenvalue weighted by molar-refractivity contribution is 0.197. The average molecular weight is 264 g/mol. The molecule has 3 rings (SSSR count). The standard InChI is InChI=1S/C12H16N4OS/c1-9-7-15(3-2-13-9)8-10-6-11(17)16-4-5-18-12(16)14-10/h4-6,9,13H,2-3,7-8H2,1H3. The zero-order chi connectivity index (χ0) is 12.5. The predicted octanol–water partition coefficient (Wildman–Crippen LogP) is 0.550. The maximum absolute atomic E-state index is 11.9. The molecule has 0 amide bonds. The molecule has 1 N–H and O–H groups in total. The molecule has 18 heavy (non-hydrogen) atoms. The first kappa shape index (κ1) is 11.8. The van der Waals surface area contributed by atoms with Crippen LogP contribution in [0.25, 0.3) is 4.96 Å². The van der Waals surface area contributed by atoms with E-state index in [0.717, 1.165) is 36.8 Å². The Bertz CT molecular complexity index is 605. The van der Waals surface area contributed by atoms with Crippen molar-refractivity contribution >= 4 is 16.3 Å². The number of fused-ring (bicyclic) bond motifs is 1. The first-order valence-corrected chi connectivity index (χ1v) is 7.02. The number of hydrogen-bond acceptors (Lipinski definition) is 5. The lowest BCUT2D eigenvalue weighted by atomic mass is 10.2. The van der Waals surface area contributed by atoms with Crippen molar-refractivity contribution in [2.24, 2.45) is 0 Å². The first-order valence-electron chi connectivity index (χ1n) is 6.14. The molecule has 0 spiro atoms. The van der Waals surface area contributed by atoms with Crippen LogP contribution in [-0.4, -0.2) is 40.0 Å². The van der Waals surface area contributed by atoms with Crippen LogP contribution in [0.3, 0.4) is 0 Å². The van der Waals surface area contributed by atoms with Crippen molar-refractivity contribution in [3.05, 3.63) is 33.7 Å². The van der Waals surface area contributed by atoms with E-state index in [9.17, 15) is 4.79 Å². The summed E-state index contributed by atoms with van der Waals surface area (Å²) in [5.41, 5.74) is 0.885. The third-order valence-electron chi connectivity index (χ3n) is 3.19. The van der Waals surface area contributed by atoms with Crippen LogP contribution in [0.15, 0.2) is 22.4 Å². The number of rotatable bonds is 2. The van der Waals surface area contributed by atoms with Crippen molar-refractivity contribution in [2.75, 3.05) is 19.6 Å². The van der Waals surface area contributed by atoms with Gasteiger partial charge in [-0.1, -0.05) is 0 Å². The van der Waals surface area contributed by atoms with Crippen LogP contribution < -0.4 is 10.9 Å². The second-order valence-corrected chi connectivity index (χ2v) is 5.60. The summed E-state index contributed by atoms with van der Waals surface area (Å²) in [6.07, 6.45) is 1.77. The van der Waals surface area contributed by atoms with Crippen LogP contribution in [0.2, 0.25) is 0 Å². The van der Waals surface area contributed by atoms with Crippen molar-refractivity contribution in [2.45, 2.75) is 19.5 Å². The van der Waals surface area contributed by atoms with Gasteiger partial charge in [-0.05, 0) is 6.92 Å². The third kappa shape index (κ3) is 2.31. The van der Waals surface area contributed by atoms with Crippen molar-refractivity contribution < 1.29 is 0 Å². The zero-order valence-corrected chi connectivity index (χ0v) is 11.1. The summed E-state index contributed by atoms with van der Waals surface area (Å²) in [4.78, 5) is 19.5. The van der Waals surface area contributed by atoms with Gasteiger partial charge in [0.05, 0.1) is 5.69 Å². The minimum Gasteiger partial charge on any atom is -0.312 e. The second-order valence-electron chi connectivity index (χ2n) is 4.73. The number of nitrogens with one attached hydrogen (secondary N) is 1. The molecule has 6 heteroatoms. The maximum Gasteiger partial charge on any atom is 0.258 e. The molecule has 1 fully saturated rings. The van der Waals surface area contributed by atoms with Gasteiger partial charge in [0.1, 0.15) is 0 Å². The fourth-order valence-electron chi connectivity index (χ4n) is 2.35. The van der Waals surface area contributed by atoms with Gasteiger partial charge < -0.3 is 5.32 Å². The number of thiazole rings is 1. The molecule has 1 aliphatic rings. The quantitative estimate of drug-likeness (QED) is 0.860. The van der Waals surface area contributed by atoms with Gasteiger partial charge in [0, 0.05) is 49.9 Å². The number of hydrogen-bond donors (Lipinski definition) is 1. The highest BCUT2D eigenvalue weighted by molar-refractivity contribution is 7.15. The summed E-state index contributed by atoms with van der Waals surface area (Å²) >= 11 is 1.50. The fraction of sp³-hybridized carbons (Fsp3) is 0.500. The Kier molecular flexibility index (Phi) is 3.15. The van der Waals surface area contributed by atoms with E-state index in [0.29, 0.717) is 6.04 Å². The van der Waals surface area contributed by atoms with E-state index < -0.39 is 0 Å². The normalized spacial score (nSPS) is 21.5. The van der Waals surface area contributed by atoms with E-state index in [1.807, 2.05) is 5.38 Å². The van der Waals surface area contributed by atoms with Crippen molar-refractivity contribution in [3.63, 3.8) is 0 Å². The van der Waals surface area contributed by atoms with E-state index in [1.165, 1.54) is 11.3 Å². The zero-order valence-electron chi connectivity index (χ0n) is 10.3. The van der Waals surface area contributed by atoms with Crippen LogP contribution in [0, 0.1) is 0 Å². The Balaban J connectivity index is 1.83. The van der Waals surface area contributed by atoms with Crippen LogP contribution in [-0.2, 0) is 6.54 Å². The van der Waals surface area contributed by atoms with Crippen LogP contribution >= 0.6 is 11.3 Å². The number of piperazine rings is 1. The van der Waals surface area contributed by atoms with E-state index in [-0.39, 0.29) is 5.56 Å². The number of nitrogens with zero attached hydrogens (tertiary/aromatic N) is 3. The van der Waals surface area contributed by atoms with Crippen molar-refractivity contribution in [1.29, 1.82) is 0 Å². The van der Waals surface area contributed by atoms with Crippen molar-refractivity contribution in [3.8, 4) is 0 Å². The maximum atomic E-state index is 11.9. The predicted molar refractivity (Wildman–Crippen MR) is 72.1 cm³/mol. The minimum absolute atomic E-state index is 0.0134. The summed E-state index contributed by atoms with van der Waals surface area (Å²) in [7, 11) is 0. The van der Waals surface area contributed by atoms with Crippen LogP contribution in [0.5, 0.6) is 0 Å². The fourth-order valence-corrected chi connectivity index (χ4v) is 3.09. The highest BCUT2D eigenvalue weighted by Gasteiger charge is 2.16. The molecule has 3 heterocycles. The molecule has 0 bridgehead atoms. The Morgan fingerprint density at radius 3 is 3.33 bits per heavy atom. The Hall–Kier alpha value is -1.24. The summed E-state index contributed by atoms with van der Waals surface area (Å²) < 4.78 is 1.59. The van der Waals surface area contributed by atoms with E-state index in [4.69, 9.17) is 0 Å². The summed E-state index contributed by atoms with van der Waals surface area (Å²) in [5.74, 6) is 0. The van der Waals surface area contributed by atoms with Gasteiger partial charge in [0.15, 0.2) is 4.96 Å². The van der Waals surface area contributed by atoms with Gasteiger partial charge in [-0.2, -0.15) is 0 Å². The molecule has 0 aromatic carbocycles. The molecule has 1 saturated heterocycles. The molecule has 96 valence electrons. The highest BCUT2D eigenvalue weighted by atomic mass is 32.1. The summed E-state index contributed by atoms with van der Waals surface area (Å²) in [6, 6.07) is 2.15. The Labute approximate surface area is 109 Å². The second kappa shape index (κ2) is 4.79. The summed E-state index contributed by atoms with van der Waals surface area (Å²) in [5, 5.41) is 5.30. The lowest BCUT2D eigenvalue weighted by Crippen LogP contribution is -2.48. The van der Waals surface area contributed by atoms with Crippen molar-refractivity contribution in [1.82, 2.24) is 19.6 Å². The smallest absolute Gasteiger partial charge is 0.258 e. The molecule has 2 aromatic rings. The van der Waals surface area contributed by atoms with Crippen LogP contribution in [0.1, 0.15) is 12.6 Å². The van der Waals surface area contributed by atoms with E-state index in [2.05, 4.69) is 22.1 Å². The number of aromatic nitrogens is 2. The monoisotopic (exact) mass is 264 g/mol. The molecule has 0 aliphatic carbocycles. The van der Waals surface area contributed by atoms with Gasteiger partial charge in [-0.3, -0.25) is 14.1 Å². The molecule has 2 aromatic heterocycles. The topological polar surface area (TPSA) is 49.6 Å². The van der Waals surface area contributed by atoms with Gasteiger partial charge in [0.25, 0.3) is 5.56 Å². The molecule has 1 atom stereocenters. The molecular weight excluding hydrogens is 248 g/mol. The molecule has 1 unspecified atom stereocenters. The van der Waals surface area contributed by atoms with Crippen LogP contribution in [0.4, 0.5) is 0 Å².